The van der Waals surface area contributed by atoms with Crippen molar-refractivity contribution in [1.82, 2.24) is 5.01 Å². The number of carbonyl (C=O) groups excluding carboxylic acids is 1. The molecule has 1 unspecified atom stereocenters. The Bertz CT molecular complexity index is 814. The highest BCUT2D eigenvalue weighted by Gasteiger charge is 2.45. The molecule has 2 aromatic carbocycles. The second-order valence-electron chi connectivity index (χ2n) is 6.23. The fourth-order valence-corrected chi connectivity index (χ4v) is 3.01. The lowest BCUT2D eigenvalue weighted by Crippen LogP contribution is -2.43. The topological polar surface area (TPSA) is 62.1 Å². The van der Waals surface area contributed by atoms with Crippen LogP contribution in [0.5, 0.6) is 5.75 Å². The monoisotopic (exact) mass is 338 g/mol. The van der Waals surface area contributed by atoms with Crippen LogP contribution in [0.2, 0.25) is 0 Å². The summed E-state index contributed by atoms with van der Waals surface area (Å²) >= 11 is 0. The maximum atomic E-state index is 13.0. The molecule has 1 amide bonds. The summed E-state index contributed by atoms with van der Waals surface area (Å²) in [5.41, 5.74) is 1.41. The van der Waals surface area contributed by atoms with Gasteiger partial charge >= 0.3 is 0 Å². The Labute approximate surface area is 147 Å². The predicted molar refractivity (Wildman–Crippen MR) is 96.6 cm³/mol. The van der Waals surface area contributed by atoms with Gasteiger partial charge in [-0.2, -0.15) is 10.1 Å². The first-order chi connectivity index (χ1) is 12.0. The Morgan fingerprint density at radius 3 is 2.60 bits per heavy atom. The summed E-state index contributed by atoms with van der Waals surface area (Å²) < 4.78 is 5.17. The molecule has 0 fully saturated rings. The largest absolute Gasteiger partial charge is 0.497 e. The lowest BCUT2D eigenvalue weighted by atomic mass is 9.96. The summed E-state index contributed by atoms with van der Waals surface area (Å²) in [6, 6.07) is 14.4. The van der Waals surface area contributed by atoms with Gasteiger partial charge in [0.1, 0.15) is 5.75 Å². The second kappa shape index (κ2) is 6.69. The number of methoxy groups -OCH3 is 1. The van der Waals surface area contributed by atoms with Crippen molar-refractivity contribution in [3.63, 3.8) is 0 Å². The van der Waals surface area contributed by atoms with Crippen LogP contribution in [-0.4, -0.2) is 28.8 Å². The van der Waals surface area contributed by atoms with Gasteiger partial charge in [0.25, 0.3) is 5.91 Å². The Hall–Kier alpha value is -2.66. The van der Waals surface area contributed by atoms with Crippen molar-refractivity contribution < 1.29 is 14.6 Å². The van der Waals surface area contributed by atoms with Crippen LogP contribution < -0.4 is 4.74 Å². The highest BCUT2D eigenvalue weighted by atomic mass is 16.5. The fraction of sp³-hybridized carbons (Fsp3) is 0.300. The number of amides is 1. The summed E-state index contributed by atoms with van der Waals surface area (Å²) in [6.07, 6.45) is 0.976. The molecule has 0 spiro atoms. The van der Waals surface area contributed by atoms with Crippen molar-refractivity contribution in [2.75, 3.05) is 7.11 Å². The standard InChI is InChI=1S/C20H22N2O3/c1-4-17-13-20(24,16-8-10-18(25-3)11-9-16)22(21-17)19(23)15-7-5-6-14(2)12-15/h5-12,24H,4,13H2,1-3H3. The lowest BCUT2D eigenvalue weighted by Gasteiger charge is -2.31. The zero-order valence-electron chi connectivity index (χ0n) is 14.7. The quantitative estimate of drug-likeness (QED) is 0.928. The summed E-state index contributed by atoms with van der Waals surface area (Å²) in [4.78, 5) is 13.0. The van der Waals surface area contributed by atoms with Gasteiger partial charge in [0.05, 0.1) is 7.11 Å². The van der Waals surface area contributed by atoms with Crippen LogP contribution >= 0.6 is 0 Å². The Balaban J connectivity index is 2.01. The van der Waals surface area contributed by atoms with Gasteiger partial charge in [-0.25, -0.2) is 0 Å². The number of aliphatic hydroxyl groups is 1. The molecule has 0 saturated heterocycles. The van der Waals surface area contributed by atoms with Crippen molar-refractivity contribution in [3.05, 3.63) is 65.2 Å². The number of aryl methyl sites for hydroxylation is 1. The van der Waals surface area contributed by atoms with E-state index in [9.17, 15) is 9.90 Å². The predicted octanol–water partition coefficient (Wildman–Crippen LogP) is 3.46. The molecular formula is C20H22N2O3. The molecule has 1 aliphatic heterocycles. The first kappa shape index (κ1) is 17.2. The number of nitrogens with zero attached hydrogens (tertiary/aromatic N) is 2. The van der Waals surface area contributed by atoms with Gasteiger partial charge in [0.15, 0.2) is 5.72 Å². The molecule has 5 heteroatoms. The van der Waals surface area contributed by atoms with Gasteiger partial charge in [-0.3, -0.25) is 4.79 Å². The molecule has 2 aromatic rings. The van der Waals surface area contributed by atoms with Gasteiger partial charge in [-0.15, -0.1) is 0 Å². The zero-order valence-corrected chi connectivity index (χ0v) is 14.7. The van der Waals surface area contributed by atoms with E-state index in [2.05, 4.69) is 5.10 Å². The van der Waals surface area contributed by atoms with Gasteiger partial charge in [0.2, 0.25) is 0 Å². The maximum absolute atomic E-state index is 13.0. The molecule has 0 bridgehead atoms. The number of benzene rings is 2. The molecule has 1 N–H and O–H groups in total. The molecule has 5 nitrogen and oxygen atoms in total. The normalized spacial score (nSPS) is 19.7. The smallest absolute Gasteiger partial charge is 0.276 e. The third-order valence-corrected chi connectivity index (χ3v) is 4.46. The summed E-state index contributed by atoms with van der Waals surface area (Å²) in [5, 5.41) is 17.0. The van der Waals surface area contributed by atoms with Crippen molar-refractivity contribution >= 4 is 11.6 Å². The summed E-state index contributed by atoms with van der Waals surface area (Å²) in [7, 11) is 1.59. The molecule has 1 atom stereocenters. The second-order valence-corrected chi connectivity index (χ2v) is 6.23. The Kier molecular flexibility index (Phi) is 4.59. The molecule has 0 aliphatic carbocycles. The number of rotatable bonds is 4. The first-order valence-corrected chi connectivity index (χ1v) is 8.32. The van der Waals surface area contributed by atoms with Crippen LogP contribution in [0.1, 0.15) is 41.3 Å². The minimum atomic E-state index is -1.49. The Morgan fingerprint density at radius 2 is 2.00 bits per heavy atom. The number of carbonyl (C=O) groups is 1. The van der Waals surface area contributed by atoms with Crippen LogP contribution in [0.4, 0.5) is 0 Å². The van der Waals surface area contributed by atoms with E-state index < -0.39 is 5.72 Å². The number of ether oxygens (including phenoxy) is 1. The SMILES string of the molecule is CCC1=NN(C(=O)c2cccc(C)c2)C(O)(c2ccc(OC)cc2)C1. The van der Waals surface area contributed by atoms with E-state index in [1.54, 1.807) is 43.5 Å². The molecule has 0 aromatic heterocycles. The van der Waals surface area contributed by atoms with E-state index in [1.807, 2.05) is 26.0 Å². The molecule has 0 radical (unpaired) electrons. The summed E-state index contributed by atoms with van der Waals surface area (Å²) in [6.45, 7) is 3.89. The van der Waals surface area contributed by atoms with E-state index in [-0.39, 0.29) is 5.91 Å². The molecule has 1 aliphatic rings. The van der Waals surface area contributed by atoms with Crippen LogP contribution in [0, 0.1) is 6.92 Å². The molecule has 25 heavy (non-hydrogen) atoms. The van der Waals surface area contributed by atoms with Crippen molar-refractivity contribution in [2.24, 2.45) is 5.10 Å². The van der Waals surface area contributed by atoms with Crippen molar-refractivity contribution in [3.8, 4) is 5.75 Å². The van der Waals surface area contributed by atoms with E-state index in [4.69, 9.17) is 4.74 Å². The first-order valence-electron chi connectivity index (χ1n) is 8.32. The minimum Gasteiger partial charge on any atom is -0.497 e. The van der Waals surface area contributed by atoms with Crippen molar-refractivity contribution in [1.29, 1.82) is 0 Å². The van der Waals surface area contributed by atoms with Crippen LogP contribution in [0.15, 0.2) is 53.6 Å². The highest BCUT2D eigenvalue weighted by Crippen LogP contribution is 2.37. The van der Waals surface area contributed by atoms with E-state index in [1.165, 1.54) is 5.01 Å². The van der Waals surface area contributed by atoms with Gasteiger partial charge < -0.3 is 9.84 Å². The third-order valence-electron chi connectivity index (χ3n) is 4.46. The molecule has 1 heterocycles. The summed E-state index contributed by atoms with van der Waals surface area (Å²) in [5.74, 6) is 0.379. The van der Waals surface area contributed by atoms with E-state index in [0.717, 1.165) is 11.3 Å². The third kappa shape index (κ3) is 3.15. The lowest BCUT2D eigenvalue weighted by molar-refractivity contribution is -0.0765. The molecule has 0 saturated carbocycles. The maximum Gasteiger partial charge on any atom is 0.276 e. The Morgan fingerprint density at radius 1 is 1.28 bits per heavy atom. The van der Waals surface area contributed by atoms with Gasteiger partial charge in [0, 0.05) is 23.3 Å². The fourth-order valence-electron chi connectivity index (χ4n) is 3.01. The van der Waals surface area contributed by atoms with Crippen LogP contribution in [-0.2, 0) is 5.72 Å². The molecular weight excluding hydrogens is 316 g/mol. The number of hydrogen-bond acceptors (Lipinski definition) is 4. The molecule has 130 valence electrons. The van der Waals surface area contributed by atoms with E-state index >= 15 is 0 Å². The number of hydrogen-bond donors (Lipinski definition) is 1. The average Bonchev–Trinajstić information content (AvgIpc) is 2.99. The number of hydrazone groups is 1. The average molecular weight is 338 g/mol. The van der Waals surface area contributed by atoms with Crippen LogP contribution in [0.25, 0.3) is 0 Å². The zero-order chi connectivity index (χ0) is 18.0. The van der Waals surface area contributed by atoms with Gasteiger partial charge in [-0.05, 0) is 37.6 Å². The highest BCUT2D eigenvalue weighted by molar-refractivity contribution is 5.98. The van der Waals surface area contributed by atoms with Crippen LogP contribution in [0.3, 0.4) is 0 Å². The van der Waals surface area contributed by atoms with Gasteiger partial charge in [-0.1, -0.05) is 36.8 Å². The molecule has 3 rings (SSSR count). The minimum absolute atomic E-state index is 0.299. The van der Waals surface area contributed by atoms with Crippen molar-refractivity contribution in [2.45, 2.75) is 32.4 Å². The van der Waals surface area contributed by atoms with E-state index in [0.29, 0.717) is 29.7 Å².